The van der Waals surface area contributed by atoms with Crippen LogP contribution in [0.15, 0.2) is 84.9 Å². The van der Waals surface area contributed by atoms with Crippen LogP contribution in [0.5, 0.6) is 11.5 Å². The number of anilines is 1. The van der Waals surface area contributed by atoms with Gasteiger partial charge in [-0.15, -0.1) is 0 Å². The van der Waals surface area contributed by atoms with Crippen molar-refractivity contribution in [3.05, 3.63) is 123 Å². The third-order valence-electron chi connectivity index (χ3n) is 7.50. The molecule has 43 heavy (non-hydrogen) atoms. The lowest BCUT2D eigenvalue weighted by atomic mass is 9.91. The minimum Gasteiger partial charge on any atom is -0.489 e. The summed E-state index contributed by atoms with van der Waals surface area (Å²) in [7, 11) is 1.30. The second-order valence-corrected chi connectivity index (χ2v) is 11.1. The summed E-state index contributed by atoms with van der Waals surface area (Å²) in [6, 6.07) is 24.0. The molecule has 0 saturated carbocycles. The third kappa shape index (κ3) is 5.89. The van der Waals surface area contributed by atoms with E-state index < -0.39 is 18.1 Å². The van der Waals surface area contributed by atoms with Gasteiger partial charge in [-0.25, -0.2) is 4.79 Å². The molecule has 6 rings (SSSR count). The molecule has 0 radical (unpaired) electrons. The number of carbonyl (C=O) groups is 3. The second kappa shape index (κ2) is 12.0. The summed E-state index contributed by atoms with van der Waals surface area (Å²) < 4.78 is 17.1. The summed E-state index contributed by atoms with van der Waals surface area (Å²) in [5.41, 5.74) is 4.16. The van der Waals surface area contributed by atoms with Crippen molar-refractivity contribution in [2.75, 3.05) is 12.4 Å². The molecule has 8 nitrogen and oxygen atoms in total. The Bertz CT molecular complexity index is 1710. The zero-order valence-corrected chi connectivity index (χ0v) is 24.5. The molecule has 0 bridgehead atoms. The molecule has 2 heterocycles. The number of halogens is 2. The highest BCUT2D eigenvalue weighted by atomic mass is 35.5. The molecule has 0 spiro atoms. The molecule has 4 aromatic rings. The van der Waals surface area contributed by atoms with Gasteiger partial charge in [0.25, 0.3) is 11.8 Å². The molecule has 2 atom stereocenters. The fourth-order valence-corrected chi connectivity index (χ4v) is 5.57. The smallest absolute Gasteiger partial charge is 0.328 e. The molecule has 1 unspecified atom stereocenters. The molecule has 1 N–H and O–H groups in total. The Morgan fingerprint density at radius 2 is 1.72 bits per heavy atom. The monoisotopic (exact) mass is 616 g/mol. The molecule has 0 fully saturated rings. The molecule has 4 aromatic carbocycles. The highest BCUT2D eigenvalue weighted by molar-refractivity contribution is 6.42. The Hall–Kier alpha value is -4.53. The molecule has 218 valence electrons. The van der Waals surface area contributed by atoms with E-state index in [1.165, 1.54) is 12.0 Å². The van der Waals surface area contributed by atoms with Crippen LogP contribution in [-0.2, 0) is 33.9 Å². The standard InChI is InChI=1S/C33H26Cl2N2O6/c1-41-33(40)28-15-22-14-27-29(16-23(22)17-37(28)32(39)21-5-3-2-4-6-21)43-30(31(38)36-27)20-8-10-24(11-9-20)42-18-19-7-12-25(34)26(35)13-19/h2-14,16,28,30H,15,17-18H2,1H3,(H,36,38)/t28?,30-/m0/s1. The van der Waals surface area contributed by atoms with Crippen molar-refractivity contribution >= 4 is 46.7 Å². The summed E-state index contributed by atoms with van der Waals surface area (Å²) in [6.45, 7) is 0.485. The zero-order valence-electron chi connectivity index (χ0n) is 23.0. The van der Waals surface area contributed by atoms with E-state index in [0.717, 1.165) is 16.7 Å². The van der Waals surface area contributed by atoms with Gasteiger partial charge in [0, 0.05) is 24.1 Å². The van der Waals surface area contributed by atoms with Crippen LogP contribution in [0.25, 0.3) is 0 Å². The normalized spacial score (nSPS) is 17.2. The number of nitrogens with zero attached hydrogens (tertiary/aromatic N) is 1. The van der Waals surface area contributed by atoms with E-state index >= 15 is 0 Å². The van der Waals surface area contributed by atoms with E-state index in [2.05, 4.69) is 5.32 Å². The summed E-state index contributed by atoms with van der Waals surface area (Å²) >= 11 is 12.1. The van der Waals surface area contributed by atoms with Crippen LogP contribution in [0.3, 0.4) is 0 Å². The first-order valence-corrected chi connectivity index (χ1v) is 14.3. The van der Waals surface area contributed by atoms with Gasteiger partial charge in [0.15, 0.2) is 0 Å². The van der Waals surface area contributed by atoms with Crippen LogP contribution in [0.1, 0.15) is 38.7 Å². The van der Waals surface area contributed by atoms with Gasteiger partial charge >= 0.3 is 5.97 Å². The number of carbonyl (C=O) groups excluding carboxylic acids is 3. The van der Waals surface area contributed by atoms with Gasteiger partial charge in [-0.05, 0) is 65.2 Å². The van der Waals surface area contributed by atoms with Crippen molar-refractivity contribution in [3.63, 3.8) is 0 Å². The number of ether oxygens (including phenoxy) is 3. The lowest BCUT2D eigenvalue weighted by Gasteiger charge is -2.36. The predicted octanol–water partition coefficient (Wildman–Crippen LogP) is 6.38. The predicted molar refractivity (Wildman–Crippen MR) is 162 cm³/mol. The maximum Gasteiger partial charge on any atom is 0.328 e. The summed E-state index contributed by atoms with van der Waals surface area (Å²) in [4.78, 5) is 40.7. The number of esters is 1. The van der Waals surface area contributed by atoms with Crippen molar-refractivity contribution in [3.8, 4) is 11.5 Å². The molecular weight excluding hydrogens is 591 g/mol. The number of amides is 2. The van der Waals surface area contributed by atoms with E-state index in [4.69, 9.17) is 37.4 Å². The number of methoxy groups -OCH3 is 1. The fraction of sp³-hybridized carbons (Fsp3) is 0.182. The SMILES string of the molecule is COC(=O)C1Cc2cc3c(cc2CN1C(=O)c1ccccc1)O[C@@H](c1ccc(OCc2ccc(Cl)c(Cl)c2)cc1)C(=O)N3. The molecule has 2 aliphatic rings. The number of hydrogen-bond donors (Lipinski definition) is 1. The third-order valence-corrected chi connectivity index (χ3v) is 8.24. The van der Waals surface area contributed by atoms with Gasteiger partial charge in [0.05, 0.1) is 22.8 Å². The summed E-state index contributed by atoms with van der Waals surface area (Å²) in [5, 5.41) is 3.87. The average molecular weight is 617 g/mol. The van der Waals surface area contributed by atoms with E-state index in [1.54, 1.807) is 66.7 Å². The van der Waals surface area contributed by atoms with Gasteiger partial charge in [0.2, 0.25) is 6.10 Å². The van der Waals surface area contributed by atoms with Gasteiger partial charge in [-0.2, -0.15) is 0 Å². The minimum absolute atomic E-state index is 0.183. The lowest BCUT2D eigenvalue weighted by molar-refractivity contribution is -0.146. The van der Waals surface area contributed by atoms with Crippen LogP contribution in [0, 0.1) is 0 Å². The molecule has 0 saturated heterocycles. The molecule has 2 aliphatic heterocycles. The van der Waals surface area contributed by atoms with Crippen LogP contribution in [-0.4, -0.2) is 35.8 Å². The minimum atomic E-state index is -0.886. The Morgan fingerprint density at radius 3 is 2.44 bits per heavy atom. The number of hydrogen-bond acceptors (Lipinski definition) is 6. The van der Waals surface area contributed by atoms with Crippen molar-refractivity contribution < 1.29 is 28.6 Å². The molecule has 0 aromatic heterocycles. The van der Waals surface area contributed by atoms with Crippen molar-refractivity contribution in [2.24, 2.45) is 0 Å². The second-order valence-electron chi connectivity index (χ2n) is 10.3. The fourth-order valence-electron chi connectivity index (χ4n) is 5.25. The van der Waals surface area contributed by atoms with E-state index in [-0.39, 0.29) is 24.8 Å². The van der Waals surface area contributed by atoms with Crippen molar-refractivity contribution in [2.45, 2.75) is 31.7 Å². The van der Waals surface area contributed by atoms with Crippen LogP contribution in [0.4, 0.5) is 5.69 Å². The van der Waals surface area contributed by atoms with Crippen molar-refractivity contribution in [1.82, 2.24) is 4.90 Å². The summed E-state index contributed by atoms with van der Waals surface area (Å²) in [5.74, 6) is -0.000714. The quantitative estimate of drug-likeness (QED) is 0.252. The highest BCUT2D eigenvalue weighted by Gasteiger charge is 2.38. The first-order valence-electron chi connectivity index (χ1n) is 13.5. The topological polar surface area (TPSA) is 94.2 Å². The van der Waals surface area contributed by atoms with Gasteiger partial charge in [-0.3, -0.25) is 9.59 Å². The Balaban J connectivity index is 1.20. The first kappa shape index (κ1) is 28.6. The Labute approximate surface area is 258 Å². The van der Waals surface area contributed by atoms with Gasteiger partial charge in [-0.1, -0.05) is 59.6 Å². The Kier molecular flexibility index (Phi) is 7.97. The maximum absolute atomic E-state index is 13.4. The molecular formula is C33H26Cl2N2O6. The summed E-state index contributed by atoms with van der Waals surface area (Å²) in [6.07, 6.45) is -0.639. The van der Waals surface area contributed by atoms with Crippen LogP contribution < -0.4 is 14.8 Å². The van der Waals surface area contributed by atoms with Gasteiger partial charge in [0.1, 0.15) is 24.1 Å². The van der Waals surface area contributed by atoms with Gasteiger partial charge < -0.3 is 24.4 Å². The first-order chi connectivity index (χ1) is 20.8. The molecule has 10 heteroatoms. The number of rotatable bonds is 6. The lowest BCUT2D eigenvalue weighted by Crippen LogP contribution is -2.49. The zero-order chi connectivity index (χ0) is 30.1. The number of fused-ring (bicyclic) bond motifs is 2. The van der Waals surface area contributed by atoms with Crippen LogP contribution in [0.2, 0.25) is 10.0 Å². The average Bonchev–Trinajstić information content (AvgIpc) is 3.03. The largest absolute Gasteiger partial charge is 0.489 e. The van der Waals surface area contributed by atoms with E-state index in [0.29, 0.717) is 45.0 Å². The number of benzene rings is 4. The highest BCUT2D eigenvalue weighted by Crippen LogP contribution is 2.40. The maximum atomic E-state index is 13.4. The van der Waals surface area contributed by atoms with Crippen molar-refractivity contribution in [1.29, 1.82) is 0 Å². The van der Waals surface area contributed by atoms with Crippen LogP contribution >= 0.6 is 23.2 Å². The molecule has 0 aliphatic carbocycles. The Morgan fingerprint density at radius 1 is 0.953 bits per heavy atom. The molecule has 2 amide bonds. The van der Waals surface area contributed by atoms with E-state index in [1.807, 2.05) is 18.2 Å². The van der Waals surface area contributed by atoms with E-state index in [9.17, 15) is 14.4 Å². The number of nitrogens with one attached hydrogen (secondary N) is 1.